The van der Waals surface area contributed by atoms with E-state index in [-0.39, 0.29) is 0 Å². The van der Waals surface area contributed by atoms with E-state index >= 15 is 0 Å². The van der Waals surface area contributed by atoms with Gasteiger partial charge in [-0.3, -0.25) is 0 Å². The summed E-state index contributed by atoms with van der Waals surface area (Å²) in [5, 5.41) is 0. The summed E-state index contributed by atoms with van der Waals surface area (Å²) in [4.78, 5) is 6.34. The van der Waals surface area contributed by atoms with Crippen molar-refractivity contribution in [2.24, 2.45) is 0 Å². The van der Waals surface area contributed by atoms with Crippen molar-refractivity contribution in [2.75, 3.05) is 24.2 Å². The highest BCUT2D eigenvalue weighted by Crippen LogP contribution is 2.16. The fourth-order valence-electron chi connectivity index (χ4n) is 1.14. The van der Waals surface area contributed by atoms with Crippen molar-refractivity contribution in [2.45, 2.75) is 13.8 Å². The summed E-state index contributed by atoms with van der Waals surface area (Å²) in [5.74, 6) is 1.01. The van der Waals surface area contributed by atoms with Gasteiger partial charge >= 0.3 is 0 Å². The summed E-state index contributed by atoms with van der Waals surface area (Å²) >= 11 is 0. The van der Waals surface area contributed by atoms with Crippen LogP contribution in [0.25, 0.3) is 0 Å². The van der Waals surface area contributed by atoms with Crippen LogP contribution in [0.1, 0.15) is 12.5 Å². The summed E-state index contributed by atoms with van der Waals surface area (Å²) in [6, 6.07) is 1.94. The summed E-state index contributed by atoms with van der Waals surface area (Å²) in [6.45, 7) is 5.07. The number of hydrogen-bond acceptors (Lipinski definition) is 3. The molecule has 0 aliphatic heterocycles. The van der Waals surface area contributed by atoms with Gasteiger partial charge in [0.25, 0.3) is 0 Å². The number of nitrogens with two attached hydrogens (primary N) is 1. The zero-order valence-electron chi connectivity index (χ0n) is 7.83. The van der Waals surface area contributed by atoms with Crippen molar-refractivity contribution in [3.05, 3.63) is 17.8 Å². The van der Waals surface area contributed by atoms with Crippen molar-refractivity contribution in [1.82, 2.24) is 4.98 Å². The second-order valence-corrected chi connectivity index (χ2v) is 2.92. The number of pyridine rings is 1. The first-order chi connectivity index (χ1) is 5.65. The van der Waals surface area contributed by atoms with Crippen LogP contribution in [0.5, 0.6) is 0 Å². The van der Waals surface area contributed by atoms with E-state index in [1.807, 2.05) is 20.0 Å². The van der Waals surface area contributed by atoms with Crippen LogP contribution in [0, 0.1) is 6.92 Å². The normalized spacial score (nSPS) is 9.92. The molecule has 0 spiro atoms. The summed E-state index contributed by atoms with van der Waals surface area (Å²) in [6.07, 6.45) is 1.69. The number of anilines is 2. The lowest BCUT2D eigenvalue weighted by atomic mass is 10.2. The van der Waals surface area contributed by atoms with Crippen LogP contribution in [0.3, 0.4) is 0 Å². The monoisotopic (exact) mass is 165 g/mol. The summed E-state index contributed by atoms with van der Waals surface area (Å²) in [7, 11) is 2.02. The summed E-state index contributed by atoms with van der Waals surface area (Å²) in [5.41, 5.74) is 7.44. The highest BCUT2D eigenvalue weighted by molar-refractivity contribution is 5.51. The average molecular weight is 165 g/mol. The molecule has 12 heavy (non-hydrogen) atoms. The predicted molar refractivity (Wildman–Crippen MR) is 52.3 cm³/mol. The third-order valence-electron chi connectivity index (χ3n) is 1.91. The van der Waals surface area contributed by atoms with Crippen LogP contribution >= 0.6 is 0 Å². The van der Waals surface area contributed by atoms with Gasteiger partial charge in [-0.15, -0.1) is 0 Å². The van der Waals surface area contributed by atoms with Crippen LogP contribution in [-0.2, 0) is 0 Å². The highest BCUT2D eigenvalue weighted by atomic mass is 15.2. The lowest BCUT2D eigenvalue weighted by Gasteiger charge is -2.17. The Hall–Kier alpha value is -1.25. The second-order valence-electron chi connectivity index (χ2n) is 2.92. The van der Waals surface area contributed by atoms with E-state index < -0.39 is 0 Å². The first-order valence-electron chi connectivity index (χ1n) is 4.08. The van der Waals surface area contributed by atoms with Gasteiger partial charge in [0, 0.05) is 13.6 Å². The molecule has 1 aromatic rings. The van der Waals surface area contributed by atoms with Crippen LogP contribution in [0.4, 0.5) is 11.5 Å². The molecule has 0 saturated heterocycles. The number of aromatic nitrogens is 1. The third kappa shape index (κ3) is 1.67. The van der Waals surface area contributed by atoms with Crippen molar-refractivity contribution in [1.29, 1.82) is 0 Å². The molecule has 0 radical (unpaired) electrons. The van der Waals surface area contributed by atoms with E-state index in [1.165, 1.54) is 0 Å². The Morgan fingerprint density at radius 1 is 1.58 bits per heavy atom. The van der Waals surface area contributed by atoms with Crippen LogP contribution in [0.2, 0.25) is 0 Å². The van der Waals surface area contributed by atoms with Gasteiger partial charge in [0.2, 0.25) is 0 Å². The smallest absolute Gasteiger partial charge is 0.131 e. The molecular weight excluding hydrogens is 150 g/mol. The van der Waals surface area contributed by atoms with Gasteiger partial charge in [-0.2, -0.15) is 0 Å². The molecule has 0 aromatic carbocycles. The molecular formula is C9H15N3. The molecule has 2 N–H and O–H groups in total. The number of hydrogen-bond donors (Lipinski definition) is 1. The van der Waals surface area contributed by atoms with Crippen molar-refractivity contribution >= 4 is 11.5 Å². The molecule has 0 saturated carbocycles. The molecule has 0 bridgehead atoms. The molecule has 1 heterocycles. The lowest BCUT2D eigenvalue weighted by molar-refractivity contribution is 0.930. The van der Waals surface area contributed by atoms with Crippen molar-refractivity contribution in [3.8, 4) is 0 Å². The van der Waals surface area contributed by atoms with Gasteiger partial charge in [-0.1, -0.05) is 0 Å². The maximum absolute atomic E-state index is 5.59. The number of nitrogens with zero attached hydrogens (tertiary/aromatic N) is 2. The van der Waals surface area contributed by atoms with E-state index in [9.17, 15) is 0 Å². The lowest BCUT2D eigenvalue weighted by Crippen LogP contribution is -2.18. The maximum atomic E-state index is 5.59. The molecule has 66 valence electrons. The van der Waals surface area contributed by atoms with Gasteiger partial charge in [-0.05, 0) is 25.5 Å². The number of aryl methyl sites for hydroxylation is 1. The van der Waals surface area contributed by atoms with Gasteiger partial charge < -0.3 is 10.6 Å². The largest absolute Gasteiger partial charge is 0.397 e. The van der Waals surface area contributed by atoms with E-state index in [0.717, 1.165) is 23.6 Å². The minimum Gasteiger partial charge on any atom is -0.397 e. The Balaban J connectivity index is 3.01. The standard InChI is InChI=1S/C9H15N3/c1-4-12(3)9-7(2)5-8(10)6-11-9/h5-6H,4,10H2,1-3H3. The van der Waals surface area contributed by atoms with Crippen molar-refractivity contribution in [3.63, 3.8) is 0 Å². The number of nitrogen functional groups attached to an aromatic ring is 1. The zero-order valence-corrected chi connectivity index (χ0v) is 7.83. The van der Waals surface area contributed by atoms with E-state index in [0.29, 0.717) is 0 Å². The Morgan fingerprint density at radius 2 is 2.25 bits per heavy atom. The van der Waals surface area contributed by atoms with E-state index in [4.69, 9.17) is 5.73 Å². The fourth-order valence-corrected chi connectivity index (χ4v) is 1.14. The molecule has 3 heteroatoms. The topological polar surface area (TPSA) is 42.2 Å². The SMILES string of the molecule is CCN(C)c1ncc(N)cc1C. The van der Waals surface area contributed by atoms with Gasteiger partial charge in [0.15, 0.2) is 0 Å². The second kappa shape index (κ2) is 3.43. The Labute approximate surface area is 73.2 Å². The third-order valence-corrected chi connectivity index (χ3v) is 1.91. The van der Waals surface area contributed by atoms with Crippen LogP contribution in [-0.4, -0.2) is 18.6 Å². The predicted octanol–water partition coefficient (Wildman–Crippen LogP) is 1.43. The quantitative estimate of drug-likeness (QED) is 0.720. The molecule has 0 amide bonds. The molecule has 0 aliphatic carbocycles. The molecule has 0 fully saturated rings. The van der Waals surface area contributed by atoms with Gasteiger partial charge in [0.1, 0.15) is 5.82 Å². The first-order valence-corrected chi connectivity index (χ1v) is 4.08. The molecule has 0 unspecified atom stereocenters. The summed E-state index contributed by atoms with van der Waals surface area (Å²) < 4.78 is 0. The van der Waals surface area contributed by atoms with Gasteiger partial charge in [0.05, 0.1) is 11.9 Å². The minimum absolute atomic E-state index is 0.723. The molecule has 0 aliphatic rings. The zero-order chi connectivity index (χ0) is 9.14. The number of rotatable bonds is 2. The molecule has 1 rings (SSSR count). The van der Waals surface area contributed by atoms with Crippen LogP contribution < -0.4 is 10.6 Å². The fraction of sp³-hybridized carbons (Fsp3) is 0.444. The Bertz CT molecular complexity index is 270. The maximum Gasteiger partial charge on any atom is 0.131 e. The Kier molecular flexibility index (Phi) is 2.53. The Morgan fingerprint density at radius 3 is 2.75 bits per heavy atom. The molecule has 3 nitrogen and oxygen atoms in total. The first kappa shape index (κ1) is 8.84. The van der Waals surface area contributed by atoms with E-state index in [2.05, 4.69) is 16.8 Å². The molecule has 1 aromatic heterocycles. The minimum atomic E-state index is 0.723. The highest BCUT2D eigenvalue weighted by Gasteiger charge is 2.03. The van der Waals surface area contributed by atoms with E-state index in [1.54, 1.807) is 6.20 Å². The van der Waals surface area contributed by atoms with Crippen LogP contribution in [0.15, 0.2) is 12.3 Å². The average Bonchev–Trinajstić information content (AvgIpc) is 2.03. The van der Waals surface area contributed by atoms with Crippen molar-refractivity contribution < 1.29 is 0 Å². The molecule has 0 atom stereocenters. The van der Waals surface area contributed by atoms with Gasteiger partial charge in [-0.25, -0.2) is 4.98 Å².